The molecule has 0 aliphatic carbocycles. The zero-order valence-electron chi connectivity index (χ0n) is 10.3. The van der Waals surface area contributed by atoms with Gasteiger partial charge in [0.1, 0.15) is 5.84 Å². The second-order valence-electron chi connectivity index (χ2n) is 4.25. The molecule has 6 heteroatoms. The standard InChI is InChI=1S/C10H22N4O2/c1-6(2)12-10(15)8(4)13-7(3)5-9(11)14-16/h6-8,13,16H,5H2,1-4H3,(H2,11,14)(H,12,15). The van der Waals surface area contributed by atoms with Gasteiger partial charge in [-0.3, -0.25) is 4.79 Å². The van der Waals surface area contributed by atoms with Crippen molar-refractivity contribution in [2.45, 2.75) is 52.2 Å². The fourth-order valence-corrected chi connectivity index (χ4v) is 1.33. The molecule has 0 aliphatic heterocycles. The summed E-state index contributed by atoms with van der Waals surface area (Å²) in [7, 11) is 0. The summed E-state index contributed by atoms with van der Waals surface area (Å²) in [6, 6.07) is -0.205. The number of amidine groups is 1. The molecule has 0 saturated carbocycles. The topological polar surface area (TPSA) is 99.7 Å². The van der Waals surface area contributed by atoms with E-state index in [9.17, 15) is 4.79 Å². The zero-order valence-corrected chi connectivity index (χ0v) is 10.3. The highest BCUT2D eigenvalue weighted by atomic mass is 16.4. The molecule has 1 amide bonds. The molecular formula is C10H22N4O2. The van der Waals surface area contributed by atoms with Crippen LogP contribution >= 0.6 is 0 Å². The van der Waals surface area contributed by atoms with Gasteiger partial charge >= 0.3 is 0 Å². The van der Waals surface area contributed by atoms with Gasteiger partial charge in [0, 0.05) is 18.5 Å². The van der Waals surface area contributed by atoms with E-state index in [1.807, 2.05) is 20.8 Å². The smallest absolute Gasteiger partial charge is 0.237 e. The van der Waals surface area contributed by atoms with E-state index < -0.39 is 0 Å². The molecule has 0 saturated heterocycles. The summed E-state index contributed by atoms with van der Waals surface area (Å²) < 4.78 is 0. The van der Waals surface area contributed by atoms with E-state index in [4.69, 9.17) is 10.9 Å². The summed E-state index contributed by atoms with van der Waals surface area (Å²) in [4.78, 5) is 11.6. The molecule has 0 aromatic rings. The Morgan fingerprint density at radius 1 is 1.38 bits per heavy atom. The number of oxime groups is 1. The van der Waals surface area contributed by atoms with Crippen LogP contribution in [-0.2, 0) is 4.79 Å². The van der Waals surface area contributed by atoms with E-state index in [1.54, 1.807) is 6.92 Å². The summed E-state index contributed by atoms with van der Waals surface area (Å²) in [5.74, 6) is 0.0952. The van der Waals surface area contributed by atoms with Crippen LogP contribution in [0, 0.1) is 0 Å². The van der Waals surface area contributed by atoms with Gasteiger partial charge in [-0.1, -0.05) is 5.16 Å². The first-order chi connectivity index (χ1) is 7.36. The maximum absolute atomic E-state index is 11.6. The van der Waals surface area contributed by atoms with Gasteiger partial charge in [-0.05, 0) is 27.7 Å². The largest absolute Gasteiger partial charge is 0.409 e. The number of amides is 1. The number of hydrogen-bond donors (Lipinski definition) is 4. The van der Waals surface area contributed by atoms with Crippen LogP contribution < -0.4 is 16.4 Å². The molecular weight excluding hydrogens is 208 g/mol. The number of nitrogens with one attached hydrogen (secondary N) is 2. The Bertz CT molecular complexity index is 253. The highest BCUT2D eigenvalue weighted by Gasteiger charge is 2.16. The Morgan fingerprint density at radius 3 is 2.38 bits per heavy atom. The van der Waals surface area contributed by atoms with Gasteiger partial charge < -0.3 is 21.6 Å². The molecule has 0 aromatic carbocycles. The second-order valence-corrected chi connectivity index (χ2v) is 4.25. The molecule has 0 radical (unpaired) electrons. The molecule has 0 aliphatic rings. The van der Waals surface area contributed by atoms with Gasteiger partial charge in [0.2, 0.25) is 5.91 Å². The quantitative estimate of drug-likeness (QED) is 0.223. The van der Waals surface area contributed by atoms with Crippen LogP contribution in [0.5, 0.6) is 0 Å². The Labute approximate surface area is 96.3 Å². The maximum atomic E-state index is 11.6. The SMILES string of the molecule is CC(C)NC(=O)C(C)NC(C)CC(N)=NO. The van der Waals surface area contributed by atoms with Gasteiger partial charge in [0.05, 0.1) is 6.04 Å². The van der Waals surface area contributed by atoms with E-state index >= 15 is 0 Å². The van der Waals surface area contributed by atoms with Crippen molar-refractivity contribution in [1.82, 2.24) is 10.6 Å². The van der Waals surface area contributed by atoms with Crippen molar-refractivity contribution < 1.29 is 10.0 Å². The number of nitrogens with zero attached hydrogens (tertiary/aromatic N) is 1. The molecule has 0 rings (SSSR count). The van der Waals surface area contributed by atoms with Gasteiger partial charge in [0.15, 0.2) is 0 Å². The minimum atomic E-state index is -0.302. The Hall–Kier alpha value is -1.30. The van der Waals surface area contributed by atoms with E-state index in [2.05, 4.69) is 15.8 Å². The van der Waals surface area contributed by atoms with Crippen molar-refractivity contribution in [3.8, 4) is 0 Å². The second kappa shape index (κ2) is 7.05. The Kier molecular flexibility index (Phi) is 6.48. The average Bonchev–Trinajstić information content (AvgIpc) is 2.16. The van der Waals surface area contributed by atoms with Gasteiger partial charge in [-0.15, -0.1) is 0 Å². The van der Waals surface area contributed by atoms with Crippen LogP contribution in [0.4, 0.5) is 0 Å². The molecule has 0 heterocycles. The van der Waals surface area contributed by atoms with Crippen LogP contribution in [0.1, 0.15) is 34.1 Å². The molecule has 5 N–H and O–H groups in total. The summed E-state index contributed by atoms with van der Waals surface area (Å²) in [5, 5.41) is 17.2. The van der Waals surface area contributed by atoms with Crippen molar-refractivity contribution >= 4 is 11.7 Å². The summed E-state index contributed by atoms with van der Waals surface area (Å²) >= 11 is 0. The fraction of sp³-hybridized carbons (Fsp3) is 0.800. The maximum Gasteiger partial charge on any atom is 0.237 e. The third-order valence-electron chi connectivity index (χ3n) is 2.00. The van der Waals surface area contributed by atoms with Crippen LogP contribution in [-0.4, -0.2) is 35.1 Å². The molecule has 2 unspecified atom stereocenters. The molecule has 16 heavy (non-hydrogen) atoms. The predicted molar refractivity (Wildman–Crippen MR) is 63.4 cm³/mol. The number of nitrogens with two attached hydrogens (primary N) is 1. The highest BCUT2D eigenvalue weighted by Crippen LogP contribution is 1.94. The van der Waals surface area contributed by atoms with Crippen LogP contribution in [0.2, 0.25) is 0 Å². The third-order valence-corrected chi connectivity index (χ3v) is 2.00. The van der Waals surface area contributed by atoms with E-state index in [1.165, 1.54) is 0 Å². The minimum Gasteiger partial charge on any atom is -0.409 e. The summed E-state index contributed by atoms with van der Waals surface area (Å²) in [6.07, 6.45) is 0.399. The van der Waals surface area contributed by atoms with Crippen LogP contribution in [0.15, 0.2) is 5.16 Å². The van der Waals surface area contributed by atoms with Crippen molar-refractivity contribution in [2.24, 2.45) is 10.9 Å². The van der Waals surface area contributed by atoms with Gasteiger partial charge in [-0.25, -0.2) is 0 Å². The van der Waals surface area contributed by atoms with E-state index in [0.29, 0.717) is 6.42 Å². The first-order valence-electron chi connectivity index (χ1n) is 5.39. The monoisotopic (exact) mass is 230 g/mol. The molecule has 0 spiro atoms. The van der Waals surface area contributed by atoms with Crippen molar-refractivity contribution in [3.05, 3.63) is 0 Å². The lowest BCUT2D eigenvalue weighted by Crippen LogP contribution is -2.48. The van der Waals surface area contributed by atoms with E-state index in [0.717, 1.165) is 0 Å². The van der Waals surface area contributed by atoms with Crippen LogP contribution in [0.25, 0.3) is 0 Å². The lowest BCUT2D eigenvalue weighted by atomic mass is 10.2. The highest BCUT2D eigenvalue weighted by molar-refractivity contribution is 5.82. The molecule has 94 valence electrons. The van der Waals surface area contributed by atoms with Gasteiger partial charge in [-0.2, -0.15) is 0 Å². The van der Waals surface area contributed by atoms with E-state index in [-0.39, 0.29) is 29.9 Å². The number of carbonyl (C=O) groups excluding carboxylic acids is 1. The van der Waals surface area contributed by atoms with Gasteiger partial charge in [0.25, 0.3) is 0 Å². The molecule has 0 aromatic heterocycles. The third kappa shape index (κ3) is 6.23. The predicted octanol–water partition coefficient (Wildman–Crippen LogP) is 0.0141. The number of rotatable bonds is 6. The average molecular weight is 230 g/mol. The summed E-state index contributed by atoms with van der Waals surface area (Å²) in [5.41, 5.74) is 5.37. The molecule has 6 nitrogen and oxygen atoms in total. The van der Waals surface area contributed by atoms with Crippen molar-refractivity contribution in [1.29, 1.82) is 0 Å². The number of carbonyl (C=O) groups is 1. The minimum absolute atomic E-state index is 0.0242. The summed E-state index contributed by atoms with van der Waals surface area (Å²) in [6.45, 7) is 7.46. The first kappa shape index (κ1) is 14.7. The Morgan fingerprint density at radius 2 is 1.94 bits per heavy atom. The zero-order chi connectivity index (χ0) is 12.7. The first-order valence-corrected chi connectivity index (χ1v) is 5.39. The Balaban J connectivity index is 4.03. The lowest BCUT2D eigenvalue weighted by molar-refractivity contribution is -0.123. The molecule has 0 bridgehead atoms. The van der Waals surface area contributed by atoms with Crippen molar-refractivity contribution in [2.75, 3.05) is 0 Å². The number of hydrogen-bond acceptors (Lipinski definition) is 4. The fourth-order valence-electron chi connectivity index (χ4n) is 1.33. The normalized spacial score (nSPS) is 15.9. The van der Waals surface area contributed by atoms with Crippen molar-refractivity contribution in [3.63, 3.8) is 0 Å². The lowest BCUT2D eigenvalue weighted by Gasteiger charge is -2.20. The molecule has 0 fully saturated rings. The molecule has 2 atom stereocenters. The van der Waals surface area contributed by atoms with Crippen LogP contribution in [0.3, 0.4) is 0 Å².